The molecule has 1 aromatic rings. The Morgan fingerprint density at radius 3 is 1.85 bits per heavy atom. The Bertz CT molecular complexity index is 813. The molecule has 0 fully saturated rings. The third kappa shape index (κ3) is 3.92. The molecule has 2 rings (SSSR count). The predicted molar refractivity (Wildman–Crippen MR) is 84.8 cm³/mol. The molecule has 1 aliphatic rings. The lowest BCUT2D eigenvalue weighted by molar-refractivity contribution is -0.150. The molecule has 2 atom stereocenters. The second kappa shape index (κ2) is 7.64. The van der Waals surface area contributed by atoms with Crippen LogP contribution in [0, 0.1) is 0 Å². The van der Waals surface area contributed by atoms with Gasteiger partial charge in [0.25, 0.3) is 17.7 Å². The van der Waals surface area contributed by atoms with E-state index in [4.69, 9.17) is 10.2 Å². The van der Waals surface area contributed by atoms with Gasteiger partial charge in [-0.05, 0) is 18.6 Å². The molecule has 0 bridgehead atoms. The number of hydrogen-bond acceptors (Lipinski definition) is 6. The number of aliphatic carboxylic acids is 3. The molecule has 0 aromatic heterocycles. The average molecular weight is 378 g/mol. The summed E-state index contributed by atoms with van der Waals surface area (Å²) < 4.78 is 0. The number of rotatable bonds is 8. The topological polar surface area (TPSA) is 178 Å². The van der Waals surface area contributed by atoms with Gasteiger partial charge in [-0.25, -0.2) is 9.59 Å². The monoisotopic (exact) mass is 378 g/mol. The van der Waals surface area contributed by atoms with E-state index >= 15 is 0 Å². The molecule has 0 spiro atoms. The number of benzene rings is 1. The number of carboxylic acid groups (broad SMARTS) is 3. The fraction of sp³-hybridized carbons (Fsp3) is 0.250. The van der Waals surface area contributed by atoms with Gasteiger partial charge >= 0.3 is 17.9 Å². The molecule has 1 aliphatic heterocycles. The molecule has 27 heavy (non-hydrogen) atoms. The van der Waals surface area contributed by atoms with Crippen LogP contribution in [0.1, 0.15) is 33.6 Å². The van der Waals surface area contributed by atoms with Gasteiger partial charge < -0.3 is 20.6 Å². The highest BCUT2D eigenvalue weighted by Crippen LogP contribution is 2.24. The van der Waals surface area contributed by atoms with Crippen molar-refractivity contribution in [3.63, 3.8) is 0 Å². The number of carbonyl (C=O) groups is 6. The zero-order chi connectivity index (χ0) is 20.3. The molecule has 4 N–H and O–H groups in total. The number of carbonyl (C=O) groups excluding carboxylic acids is 3. The normalized spacial score (nSPS) is 15.0. The van der Waals surface area contributed by atoms with E-state index in [1.54, 1.807) is 0 Å². The minimum absolute atomic E-state index is 0.0813. The first kappa shape index (κ1) is 19.6. The van der Waals surface area contributed by atoms with E-state index in [9.17, 15) is 33.9 Å². The molecule has 11 nitrogen and oxygen atoms in total. The van der Waals surface area contributed by atoms with Crippen molar-refractivity contribution in [2.75, 3.05) is 0 Å². The van der Waals surface area contributed by atoms with Crippen molar-refractivity contribution in [1.82, 2.24) is 10.2 Å². The maximum Gasteiger partial charge on any atom is 0.336 e. The van der Waals surface area contributed by atoms with Crippen LogP contribution < -0.4 is 5.32 Å². The Balaban J connectivity index is 2.27. The van der Waals surface area contributed by atoms with E-state index in [2.05, 4.69) is 0 Å². The van der Waals surface area contributed by atoms with Gasteiger partial charge in [0.05, 0.1) is 11.1 Å². The largest absolute Gasteiger partial charge is 0.481 e. The highest BCUT2D eigenvalue weighted by molar-refractivity contribution is 6.25. The van der Waals surface area contributed by atoms with Gasteiger partial charge in [-0.2, -0.15) is 0 Å². The van der Waals surface area contributed by atoms with E-state index in [0.717, 1.165) is 0 Å². The third-order valence-electron chi connectivity index (χ3n) is 3.83. The molecule has 1 heterocycles. The van der Waals surface area contributed by atoms with E-state index in [0.29, 0.717) is 0 Å². The van der Waals surface area contributed by atoms with Gasteiger partial charge in [0.15, 0.2) is 0 Å². The highest BCUT2D eigenvalue weighted by atomic mass is 16.4. The molecule has 2 unspecified atom stereocenters. The molecule has 1 aromatic carbocycles. The SMILES string of the molecule is O=C(O)CCC(NC(=O)C(C(=O)O)N1C(=O)c2ccccc2C1=O)C(=O)O. The van der Waals surface area contributed by atoms with Crippen molar-refractivity contribution in [2.24, 2.45) is 0 Å². The van der Waals surface area contributed by atoms with E-state index in [1.165, 1.54) is 24.3 Å². The van der Waals surface area contributed by atoms with Crippen LogP contribution in [0.5, 0.6) is 0 Å². The van der Waals surface area contributed by atoms with Gasteiger partial charge in [0.1, 0.15) is 6.04 Å². The van der Waals surface area contributed by atoms with Crippen molar-refractivity contribution in [1.29, 1.82) is 0 Å². The molecule has 0 radical (unpaired) electrons. The van der Waals surface area contributed by atoms with E-state index in [1.807, 2.05) is 5.32 Å². The summed E-state index contributed by atoms with van der Waals surface area (Å²) in [5.41, 5.74) is -0.163. The van der Waals surface area contributed by atoms with Crippen LogP contribution >= 0.6 is 0 Å². The van der Waals surface area contributed by atoms with Crippen LogP contribution in [0.4, 0.5) is 0 Å². The summed E-state index contributed by atoms with van der Waals surface area (Å²) in [4.78, 5) is 70.6. The summed E-state index contributed by atoms with van der Waals surface area (Å²) in [5.74, 6) is -8.17. The van der Waals surface area contributed by atoms with Crippen molar-refractivity contribution in [3.05, 3.63) is 35.4 Å². The van der Waals surface area contributed by atoms with Crippen LogP contribution in [0.2, 0.25) is 0 Å². The van der Waals surface area contributed by atoms with Crippen molar-refractivity contribution in [3.8, 4) is 0 Å². The second-order valence-corrected chi connectivity index (χ2v) is 5.60. The number of imide groups is 1. The Morgan fingerprint density at radius 1 is 0.926 bits per heavy atom. The van der Waals surface area contributed by atoms with E-state index in [-0.39, 0.29) is 16.0 Å². The first-order valence-electron chi connectivity index (χ1n) is 7.59. The summed E-state index contributed by atoms with van der Waals surface area (Å²) in [5, 5.41) is 28.9. The molecule has 0 saturated heterocycles. The summed E-state index contributed by atoms with van der Waals surface area (Å²) in [7, 11) is 0. The summed E-state index contributed by atoms with van der Waals surface area (Å²) >= 11 is 0. The zero-order valence-corrected chi connectivity index (χ0v) is 13.6. The van der Waals surface area contributed by atoms with Crippen LogP contribution in [-0.4, -0.2) is 67.9 Å². The fourth-order valence-corrected chi connectivity index (χ4v) is 2.56. The Labute approximate surface area is 151 Å². The highest BCUT2D eigenvalue weighted by Gasteiger charge is 2.46. The molecule has 3 amide bonds. The minimum atomic E-state index is -2.30. The van der Waals surface area contributed by atoms with Crippen molar-refractivity contribution >= 4 is 35.6 Å². The van der Waals surface area contributed by atoms with Crippen LogP contribution in [0.25, 0.3) is 0 Å². The van der Waals surface area contributed by atoms with Gasteiger partial charge in [0, 0.05) is 6.42 Å². The summed E-state index contributed by atoms with van der Waals surface area (Å²) in [6, 6.07) is 1.49. The number of carboxylic acids is 3. The van der Waals surface area contributed by atoms with Gasteiger partial charge in [0.2, 0.25) is 6.04 Å². The maximum atomic E-state index is 12.4. The summed E-state index contributed by atoms with van der Waals surface area (Å²) in [6.45, 7) is 0. The second-order valence-electron chi connectivity index (χ2n) is 5.60. The number of nitrogens with one attached hydrogen (secondary N) is 1. The van der Waals surface area contributed by atoms with Crippen molar-refractivity contribution in [2.45, 2.75) is 24.9 Å². The number of nitrogens with zero attached hydrogens (tertiary/aromatic N) is 1. The Morgan fingerprint density at radius 2 is 1.44 bits per heavy atom. The van der Waals surface area contributed by atoms with Gasteiger partial charge in [-0.15, -0.1) is 0 Å². The van der Waals surface area contributed by atoms with Gasteiger partial charge in [-0.1, -0.05) is 12.1 Å². The quantitative estimate of drug-likeness (QED) is 0.332. The molecular weight excluding hydrogens is 364 g/mol. The molecular formula is C16H14N2O9. The predicted octanol–water partition coefficient (Wildman–Crippen LogP) is -0.830. The number of hydrogen-bond donors (Lipinski definition) is 4. The first-order valence-corrected chi connectivity index (χ1v) is 7.59. The fourth-order valence-electron chi connectivity index (χ4n) is 2.56. The van der Waals surface area contributed by atoms with Gasteiger partial charge in [-0.3, -0.25) is 24.1 Å². The van der Waals surface area contributed by atoms with Crippen LogP contribution in [0.3, 0.4) is 0 Å². The Kier molecular flexibility index (Phi) is 5.54. The molecule has 0 saturated carbocycles. The zero-order valence-electron chi connectivity index (χ0n) is 13.6. The average Bonchev–Trinajstić information content (AvgIpc) is 2.83. The van der Waals surface area contributed by atoms with Crippen molar-refractivity contribution < 1.29 is 44.1 Å². The molecule has 142 valence electrons. The minimum Gasteiger partial charge on any atom is -0.481 e. The lowest BCUT2D eigenvalue weighted by Gasteiger charge is -2.23. The Hall–Kier alpha value is -3.76. The standard InChI is InChI=1S/C16H14N2O9/c19-10(20)6-5-9(15(24)25)17-12(21)11(16(26)27)18-13(22)7-3-1-2-4-8(7)14(18)23/h1-4,9,11H,5-6H2,(H,17,21)(H,19,20)(H,24,25)(H,26,27). The van der Waals surface area contributed by atoms with Crippen LogP contribution in [-0.2, 0) is 19.2 Å². The third-order valence-corrected chi connectivity index (χ3v) is 3.83. The number of fused-ring (bicyclic) bond motifs is 1. The lowest BCUT2D eigenvalue weighted by Crippen LogP contribution is -2.56. The molecule has 11 heteroatoms. The van der Waals surface area contributed by atoms with Crippen LogP contribution in [0.15, 0.2) is 24.3 Å². The first-order chi connectivity index (χ1) is 12.6. The summed E-state index contributed by atoms with van der Waals surface area (Å²) in [6.07, 6.45) is -1.10. The lowest BCUT2D eigenvalue weighted by atomic mass is 10.1. The smallest absolute Gasteiger partial charge is 0.336 e. The number of amides is 3. The maximum absolute atomic E-state index is 12.4. The van der Waals surface area contributed by atoms with E-state index < -0.39 is 60.6 Å². The molecule has 0 aliphatic carbocycles.